The molecular formula is C12H19N3OS. The van der Waals surface area contributed by atoms with E-state index in [1.807, 2.05) is 26.1 Å². The zero-order valence-electron chi connectivity index (χ0n) is 10.6. The lowest BCUT2D eigenvalue weighted by Crippen LogP contribution is -2.34. The third kappa shape index (κ3) is 4.99. The van der Waals surface area contributed by atoms with Crippen molar-refractivity contribution in [2.45, 2.75) is 26.7 Å². The number of unbranched alkanes of at least 4 members (excludes halogenated alkanes) is 1. The van der Waals surface area contributed by atoms with Crippen LogP contribution in [-0.2, 0) is 0 Å². The van der Waals surface area contributed by atoms with E-state index in [1.165, 1.54) is 0 Å². The minimum atomic E-state index is 0.623. The molecule has 0 spiro atoms. The molecule has 1 rings (SSSR count). The normalized spacial score (nSPS) is 10.8. The van der Waals surface area contributed by atoms with Crippen LogP contribution in [0.15, 0.2) is 21.7 Å². The number of nitrogens with zero attached hydrogens (tertiary/aromatic N) is 2. The van der Waals surface area contributed by atoms with Gasteiger partial charge in [0, 0.05) is 13.6 Å². The van der Waals surface area contributed by atoms with Crippen molar-refractivity contribution in [3.05, 3.63) is 23.7 Å². The fourth-order valence-corrected chi connectivity index (χ4v) is 1.35. The molecule has 0 aliphatic rings. The Balaban J connectivity index is 2.40. The number of hydrazone groups is 1. The highest BCUT2D eigenvalue weighted by Gasteiger charge is 2.01. The first kappa shape index (κ1) is 13.7. The lowest BCUT2D eigenvalue weighted by molar-refractivity contribution is 0.511. The molecule has 0 atom stereocenters. The van der Waals surface area contributed by atoms with Crippen molar-refractivity contribution in [3.63, 3.8) is 0 Å². The van der Waals surface area contributed by atoms with E-state index in [9.17, 15) is 0 Å². The molecule has 94 valence electrons. The van der Waals surface area contributed by atoms with E-state index in [1.54, 1.807) is 11.2 Å². The lowest BCUT2D eigenvalue weighted by atomic mass is 10.3. The van der Waals surface area contributed by atoms with E-state index in [-0.39, 0.29) is 0 Å². The van der Waals surface area contributed by atoms with Gasteiger partial charge < -0.3 is 9.73 Å². The topological polar surface area (TPSA) is 40.8 Å². The Labute approximate surface area is 108 Å². The quantitative estimate of drug-likeness (QED) is 0.379. The van der Waals surface area contributed by atoms with Crippen LogP contribution in [0.1, 0.15) is 31.3 Å². The Morgan fingerprint density at radius 2 is 2.35 bits per heavy atom. The predicted molar refractivity (Wildman–Crippen MR) is 74.3 cm³/mol. The number of hydrogen-bond donors (Lipinski definition) is 1. The van der Waals surface area contributed by atoms with E-state index in [0.717, 1.165) is 30.9 Å². The van der Waals surface area contributed by atoms with Gasteiger partial charge in [0.1, 0.15) is 11.5 Å². The number of thiocarbonyl (C=S) groups is 1. The van der Waals surface area contributed by atoms with Crippen LogP contribution in [0.2, 0.25) is 0 Å². The van der Waals surface area contributed by atoms with E-state index in [4.69, 9.17) is 16.6 Å². The maximum atomic E-state index is 5.37. The Bertz CT molecular complexity index is 387. The molecule has 0 unspecified atom stereocenters. The molecular weight excluding hydrogens is 234 g/mol. The summed E-state index contributed by atoms with van der Waals surface area (Å²) in [6.07, 6.45) is 3.91. The van der Waals surface area contributed by atoms with Crippen molar-refractivity contribution in [3.8, 4) is 0 Å². The van der Waals surface area contributed by atoms with E-state index < -0.39 is 0 Å². The zero-order chi connectivity index (χ0) is 12.7. The van der Waals surface area contributed by atoms with Gasteiger partial charge >= 0.3 is 0 Å². The minimum absolute atomic E-state index is 0.623. The molecule has 1 heterocycles. The van der Waals surface area contributed by atoms with Crippen molar-refractivity contribution in [2.75, 3.05) is 13.6 Å². The maximum absolute atomic E-state index is 5.37. The van der Waals surface area contributed by atoms with Gasteiger partial charge in [-0.15, -0.1) is 0 Å². The number of rotatable bonds is 5. The Kier molecular flexibility index (Phi) is 5.69. The Hall–Kier alpha value is -1.36. The monoisotopic (exact) mass is 253 g/mol. The van der Waals surface area contributed by atoms with Gasteiger partial charge in [0.15, 0.2) is 5.11 Å². The molecule has 0 radical (unpaired) electrons. The third-order valence-corrected chi connectivity index (χ3v) is 2.63. The molecule has 0 amide bonds. The molecule has 0 aromatic carbocycles. The fourth-order valence-electron chi connectivity index (χ4n) is 1.21. The van der Waals surface area contributed by atoms with Crippen LogP contribution < -0.4 is 5.32 Å². The van der Waals surface area contributed by atoms with Crippen molar-refractivity contribution < 1.29 is 4.42 Å². The van der Waals surface area contributed by atoms with Crippen LogP contribution in [0, 0.1) is 6.92 Å². The fraction of sp³-hybridized carbons (Fsp3) is 0.500. The number of aryl methyl sites for hydroxylation is 1. The van der Waals surface area contributed by atoms with Gasteiger partial charge in [-0.1, -0.05) is 13.3 Å². The molecule has 1 aromatic heterocycles. The molecule has 5 heteroatoms. The van der Waals surface area contributed by atoms with Gasteiger partial charge in [0.2, 0.25) is 0 Å². The molecule has 1 N–H and O–H groups in total. The molecule has 0 fully saturated rings. The average Bonchev–Trinajstić information content (AvgIpc) is 2.72. The SMILES string of the molecule is CCCCNC(=S)N(C)/N=C/c1ccc(C)o1. The summed E-state index contributed by atoms with van der Waals surface area (Å²) in [6.45, 7) is 4.93. The van der Waals surface area contributed by atoms with Crippen molar-refractivity contribution >= 4 is 23.5 Å². The summed E-state index contributed by atoms with van der Waals surface area (Å²) in [5.41, 5.74) is 0. The highest BCUT2D eigenvalue weighted by Crippen LogP contribution is 2.03. The summed E-state index contributed by atoms with van der Waals surface area (Å²) >= 11 is 5.18. The third-order valence-electron chi connectivity index (χ3n) is 2.22. The summed E-state index contributed by atoms with van der Waals surface area (Å²) in [4.78, 5) is 0. The summed E-state index contributed by atoms with van der Waals surface area (Å²) in [6, 6.07) is 3.78. The lowest BCUT2D eigenvalue weighted by Gasteiger charge is -2.14. The molecule has 0 bridgehead atoms. The van der Waals surface area contributed by atoms with Gasteiger partial charge in [-0.3, -0.25) is 0 Å². The van der Waals surface area contributed by atoms with Gasteiger partial charge in [-0.2, -0.15) is 5.10 Å². The van der Waals surface area contributed by atoms with E-state index in [2.05, 4.69) is 17.3 Å². The second-order valence-electron chi connectivity index (χ2n) is 3.80. The second-order valence-corrected chi connectivity index (χ2v) is 4.19. The minimum Gasteiger partial charge on any atom is -0.460 e. The summed E-state index contributed by atoms with van der Waals surface area (Å²) in [5, 5.41) is 9.59. The maximum Gasteiger partial charge on any atom is 0.189 e. The standard InChI is InChI=1S/C12H19N3OS/c1-4-5-8-13-12(17)15(3)14-9-11-7-6-10(2)16-11/h6-7,9H,4-5,8H2,1-3H3,(H,13,17)/b14-9+. The molecule has 0 saturated heterocycles. The first-order valence-electron chi connectivity index (χ1n) is 5.75. The first-order chi connectivity index (χ1) is 8.13. The molecule has 17 heavy (non-hydrogen) atoms. The summed E-state index contributed by atoms with van der Waals surface area (Å²) in [5.74, 6) is 1.60. The Morgan fingerprint density at radius 3 is 2.94 bits per heavy atom. The molecule has 0 aliphatic heterocycles. The molecule has 4 nitrogen and oxygen atoms in total. The Morgan fingerprint density at radius 1 is 1.59 bits per heavy atom. The molecule has 0 aliphatic carbocycles. The van der Waals surface area contributed by atoms with Gasteiger partial charge in [-0.25, -0.2) is 5.01 Å². The van der Waals surface area contributed by atoms with Crippen LogP contribution in [0.5, 0.6) is 0 Å². The molecule has 0 saturated carbocycles. The summed E-state index contributed by atoms with van der Waals surface area (Å²) < 4.78 is 5.37. The number of nitrogens with one attached hydrogen (secondary N) is 1. The predicted octanol–water partition coefficient (Wildman–Crippen LogP) is 2.53. The number of furan rings is 1. The highest BCUT2D eigenvalue weighted by atomic mass is 32.1. The highest BCUT2D eigenvalue weighted by molar-refractivity contribution is 7.80. The van der Waals surface area contributed by atoms with Crippen molar-refractivity contribution in [2.24, 2.45) is 5.10 Å². The molecule has 1 aromatic rings. The zero-order valence-corrected chi connectivity index (χ0v) is 11.4. The van der Waals surface area contributed by atoms with E-state index in [0.29, 0.717) is 5.11 Å². The summed E-state index contributed by atoms with van der Waals surface area (Å²) in [7, 11) is 1.81. The smallest absolute Gasteiger partial charge is 0.189 e. The van der Waals surface area contributed by atoms with Gasteiger partial charge in [0.25, 0.3) is 0 Å². The van der Waals surface area contributed by atoms with Crippen molar-refractivity contribution in [1.82, 2.24) is 10.3 Å². The van der Waals surface area contributed by atoms with Crippen LogP contribution in [-0.4, -0.2) is 29.9 Å². The largest absolute Gasteiger partial charge is 0.460 e. The van der Waals surface area contributed by atoms with Crippen LogP contribution >= 0.6 is 12.2 Å². The van der Waals surface area contributed by atoms with E-state index >= 15 is 0 Å². The van der Waals surface area contributed by atoms with Gasteiger partial charge in [-0.05, 0) is 37.7 Å². The number of hydrogen-bond acceptors (Lipinski definition) is 3. The van der Waals surface area contributed by atoms with Crippen LogP contribution in [0.4, 0.5) is 0 Å². The van der Waals surface area contributed by atoms with Gasteiger partial charge in [0.05, 0.1) is 6.21 Å². The van der Waals surface area contributed by atoms with Crippen molar-refractivity contribution in [1.29, 1.82) is 0 Å². The first-order valence-corrected chi connectivity index (χ1v) is 6.16. The second kappa shape index (κ2) is 7.06. The van der Waals surface area contributed by atoms with Crippen LogP contribution in [0.3, 0.4) is 0 Å². The van der Waals surface area contributed by atoms with Crippen LogP contribution in [0.25, 0.3) is 0 Å². The average molecular weight is 253 g/mol.